The Morgan fingerprint density at radius 1 is 1.03 bits per heavy atom. The number of aromatic nitrogens is 5. The van der Waals surface area contributed by atoms with Gasteiger partial charge in [-0.15, -0.1) is 6.58 Å². The van der Waals surface area contributed by atoms with Crippen LogP contribution in [0.1, 0.15) is 30.9 Å². The molecule has 0 unspecified atom stereocenters. The SMILES string of the molecule is C=CCn1cnc2c(c1=O)c1nc3ccccc3nc1n2N=Cc1ccc(C(C)C)cc1. The van der Waals surface area contributed by atoms with Gasteiger partial charge in [0.05, 0.1) is 17.2 Å². The Morgan fingerprint density at radius 2 is 1.75 bits per heavy atom. The Bertz CT molecular complexity index is 1560. The Balaban J connectivity index is 1.76. The summed E-state index contributed by atoms with van der Waals surface area (Å²) in [5.41, 5.74) is 4.86. The monoisotopic (exact) mass is 422 g/mol. The Morgan fingerprint density at radius 3 is 2.44 bits per heavy atom. The lowest BCUT2D eigenvalue weighted by atomic mass is 10.0. The van der Waals surface area contributed by atoms with Gasteiger partial charge in [0.1, 0.15) is 17.2 Å². The highest BCUT2D eigenvalue weighted by Gasteiger charge is 2.19. The van der Waals surface area contributed by atoms with E-state index in [4.69, 9.17) is 9.97 Å². The fourth-order valence-electron chi connectivity index (χ4n) is 3.72. The summed E-state index contributed by atoms with van der Waals surface area (Å²) >= 11 is 0. The lowest BCUT2D eigenvalue weighted by Gasteiger charge is -2.04. The summed E-state index contributed by atoms with van der Waals surface area (Å²) in [6.07, 6.45) is 4.92. The van der Waals surface area contributed by atoms with Crippen molar-refractivity contribution in [2.24, 2.45) is 5.10 Å². The molecule has 158 valence electrons. The highest BCUT2D eigenvalue weighted by atomic mass is 16.1. The van der Waals surface area contributed by atoms with E-state index in [1.165, 1.54) is 16.5 Å². The number of allylic oxidation sites excluding steroid dienone is 1. The number of nitrogens with zero attached hydrogens (tertiary/aromatic N) is 6. The molecule has 3 aromatic heterocycles. The molecule has 0 radical (unpaired) electrons. The molecule has 0 aliphatic heterocycles. The second-order valence-corrected chi connectivity index (χ2v) is 7.95. The average molecular weight is 422 g/mol. The van der Waals surface area contributed by atoms with Crippen LogP contribution in [0.15, 0.2) is 77.4 Å². The molecule has 2 aromatic carbocycles. The summed E-state index contributed by atoms with van der Waals surface area (Å²) in [6, 6.07) is 15.8. The van der Waals surface area contributed by atoms with Crippen molar-refractivity contribution in [2.75, 3.05) is 0 Å². The van der Waals surface area contributed by atoms with E-state index in [1.54, 1.807) is 17.0 Å². The summed E-state index contributed by atoms with van der Waals surface area (Å²) in [7, 11) is 0. The molecule has 0 atom stereocenters. The molecule has 0 spiro atoms. The summed E-state index contributed by atoms with van der Waals surface area (Å²) in [4.78, 5) is 27.2. The molecule has 0 bridgehead atoms. The van der Waals surface area contributed by atoms with Crippen LogP contribution >= 0.6 is 0 Å². The molecule has 32 heavy (non-hydrogen) atoms. The number of rotatable bonds is 5. The molecule has 0 aliphatic rings. The molecular formula is C25H22N6O. The molecule has 5 rings (SSSR count). The maximum atomic E-state index is 13.2. The quantitative estimate of drug-likeness (QED) is 0.309. The number of para-hydroxylation sites is 2. The lowest BCUT2D eigenvalue weighted by Crippen LogP contribution is -2.19. The van der Waals surface area contributed by atoms with Gasteiger partial charge in [-0.1, -0.05) is 56.3 Å². The minimum Gasteiger partial charge on any atom is -0.295 e. The van der Waals surface area contributed by atoms with Gasteiger partial charge < -0.3 is 0 Å². The number of hydrogen-bond donors (Lipinski definition) is 0. The smallest absolute Gasteiger partial charge is 0.265 e. The van der Waals surface area contributed by atoms with Crippen LogP contribution in [0.25, 0.3) is 33.2 Å². The van der Waals surface area contributed by atoms with Gasteiger partial charge >= 0.3 is 0 Å². The van der Waals surface area contributed by atoms with Gasteiger partial charge in [-0.05, 0) is 29.2 Å². The van der Waals surface area contributed by atoms with Gasteiger partial charge in [0.2, 0.25) is 0 Å². The fraction of sp³-hybridized carbons (Fsp3) is 0.160. The highest BCUT2D eigenvalue weighted by molar-refractivity contribution is 6.04. The minimum absolute atomic E-state index is 0.195. The zero-order valence-corrected chi connectivity index (χ0v) is 17.9. The summed E-state index contributed by atoms with van der Waals surface area (Å²) in [5.74, 6) is 0.462. The average Bonchev–Trinajstić information content (AvgIpc) is 3.11. The number of hydrogen-bond acceptors (Lipinski definition) is 5. The van der Waals surface area contributed by atoms with Crippen molar-refractivity contribution in [3.8, 4) is 0 Å². The van der Waals surface area contributed by atoms with Crippen molar-refractivity contribution in [3.63, 3.8) is 0 Å². The first-order chi connectivity index (χ1) is 15.6. The van der Waals surface area contributed by atoms with Gasteiger partial charge in [-0.3, -0.25) is 9.36 Å². The van der Waals surface area contributed by atoms with Crippen LogP contribution in [0.4, 0.5) is 0 Å². The molecule has 0 saturated heterocycles. The van der Waals surface area contributed by atoms with Crippen LogP contribution < -0.4 is 5.56 Å². The second kappa shape index (κ2) is 7.85. The van der Waals surface area contributed by atoms with Crippen molar-refractivity contribution in [1.29, 1.82) is 0 Å². The van der Waals surface area contributed by atoms with Gasteiger partial charge in [0.25, 0.3) is 5.56 Å². The molecule has 0 saturated carbocycles. The van der Waals surface area contributed by atoms with Crippen LogP contribution in [0, 0.1) is 0 Å². The van der Waals surface area contributed by atoms with E-state index in [0.29, 0.717) is 40.2 Å². The highest BCUT2D eigenvalue weighted by Crippen LogP contribution is 2.25. The second-order valence-electron chi connectivity index (χ2n) is 7.95. The maximum absolute atomic E-state index is 13.2. The third-order valence-corrected chi connectivity index (χ3v) is 5.46. The van der Waals surface area contributed by atoms with Crippen molar-refractivity contribution in [1.82, 2.24) is 24.2 Å². The lowest BCUT2D eigenvalue weighted by molar-refractivity contribution is 0.763. The third-order valence-electron chi connectivity index (χ3n) is 5.46. The first kappa shape index (κ1) is 19.8. The molecule has 7 heteroatoms. The predicted molar refractivity (Wildman–Crippen MR) is 128 cm³/mol. The molecular weight excluding hydrogens is 400 g/mol. The van der Waals surface area contributed by atoms with E-state index in [1.807, 2.05) is 36.4 Å². The minimum atomic E-state index is -0.195. The molecule has 0 amide bonds. The zero-order chi connectivity index (χ0) is 22.2. The molecule has 0 N–H and O–H groups in total. The van der Waals surface area contributed by atoms with E-state index in [-0.39, 0.29) is 5.56 Å². The summed E-state index contributed by atoms with van der Waals surface area (Å²) in [5, 5.41) is 5.05. The standard InChI is InChI=1S/C25H22N6O/c1-4-13-30-15-26-23-21(25(30)32)22-24(29-20-8-6-5-7-19(20)28-22)31(23)27-14-17-9-11-18(12-10-17)16(2)3/h4-12,14-16H,1,13H2,2-3H3. The number of benzene rings is 2. The fourth-order valence-corrected chi connectivity index (χ4v) is 3.72. The molecule has 0 fully saturated rings. The predicted octanol–water partition coefficient (Wildman–Crippen LogP) is 4.49. The van der Waals surface area contributed by atoms with Crippen molar-refractivity contribution in [3.05, 3.63) is 89.0 Å². The molecule has 0 aliphatic carbocycles. The Kier molecular flexibility index (Phi) is 4.86. The van der Waals surface area contributed by atoms with Crippen LogP contribution in [0.5, 0.6) is 0 Å². The first-order valence-electron chi connectivity index (χ1n) is 10.5. The van der Waals surface area contributed by atoms with Crippen LogP contribution in [0.2, 0.25) is 0 Å². The first-order valence-corrected chi connectivity index (χ1v) is 10.5. The van der Waals surface area contributed by atoms with E-state index in [0.717, 1.165) is 11.1 Å². The van der Waals surface area contributed by atoms with Crippen LogP contribution in [-0.4, -0.2) is 30.4 Å². The van der Waals surface area contributed by atoms with Crippen LogP contribution in [0.3, 0.4) is 0 Å². The largest absolute Gasteiger partial charge is 0.295 e. The topological polar surface area (TPSA) is 78.0 Å². The zero-order valence-electron chi connectivity index (χ0n) is 17.9. The Hall–Kier alpha value is -4.13. The van der Waals surface area contributed by atoms with Crippen LogP contribution in [-0.2, 0) is 6.54 Å². The number of fused-ring (bicyclic) bond motifs is 4. The Labute approximate surface area is 184 Å². The van der Waals surface area contributed by atoms with E-state index >= 15 is 0 Å². The summed E-state index contributed by atoms with van der Waals surface area (Å²) < 4.78 is 3.10. The van der Waals surface area contributed by atoms with Gasteiger partial charge in [-0.25, -0.2) is 15.0 Å². The van der Waals surface area contributed by atoms with Crippen molar-refractivity contribution >= 4 is 39.4 Å². The van der Waals surface area contributed by atoms with E-state index < -0.39 is 0 Å². The normalized spacial score (nSPS) is 12.0. The van der Waals surface area contributed by atoms with E-state index in [9.17, 15) is 4.79 Å². The van der Waals surface area contributed by atoms with Gasteiger partial charge in [-0.2, -0.15) is 9.78 Å². The third kappa shape index (κ3) is 3.28. The van der Waals surface area contributed by atoms with Crippen molar-refractivity contribution < 1.29 is 0 Å². The van der Waals surface area contributed by atoms with Gasteiger partial charge in [0, 0.05) is 6.54 Å². The molecule has 3 heterocycles. The van der Waals surface area contributed by atoms with Gasteiger partial charge in [0.15, 0.2) is 11.3 Å². The van der Waals surface area contributed by atoms with E-state index in [2.05, 4.69) is 42.6 Å². The maximum Gasteiger partial charge on any atom is 0.265 e. The van der Waals surface area contributed by atoms with Crippen molar-refractivity contribution in [2.45, 2.75) is 26.3 Å². The summed E-state index contributed by atoms with van der Waals surface area (Å²) in [6.45, 7) is 8.41. The molecule has 7 nitrogen and oxygen atoms in total. The molecule has 5 aromatic rings.